The summed E-state index contributed by atoms with van der Waals surface area (Å²) in [6.07, 6.45) is -149. The first-order valence-corrected chi connectivity index (χ1v) is 47.0. The number of carbonyl (C=O) groups excluding carboxylic acids is 1. The zero-order valence-corrected chi connectivity index (χ0v) is 78.7. The van der Waals surface area contributed by atoms with Gasteiger partial charge in [-0.05, 0) is 13.8 Å². The third-order valence-corrected chi connectivity index (χ3v) is 27.7. The first-order valence-electron chi connectivity index (χ1n) is 47.0. The number of rotatable bonds is 40. The van der Waals surface area contributed by atoms with Crippen LogP contribution in [-0.4, -0.2) is 680 Å². The molecule has 1 amide bonds. The predicted octanol–water partition coefficient (Wildman–Crippen LogP) is -28.2. The van der Waals surface area contributed by atoms with E-state index in [0.29, 0.717) is 0 Å². The third kappa shape index (κ3) is 26.2. The van der Waals surface area contributed by atoms with E-state index in [1.807, 2.05) is 0 Å². The van der Waals surface area contributed by atoms with Crippen molar-refractivity contribution in [3.05, 3.63) is 0 Å². The number of carbonyl (C=O) groups is 3. The number of aliphatic carboxylic acids is 2. The summed E-state index contributed by atoms with van der Waals surface area (Å²) in [6, 6.07) is -2.93. The largest absolute Gasteiger partial charge is 0.477 e. The number of aliphatic hydroxyl groups is 38. The molecule has 12 aliphatic rings. The lowest BCUT2D eigenvalue weighted by atomic mass is 9.88. The van der Waals surface area contributed by atoms with E-state index >= 15 is 0 Å². The molecule has 0 radical (unpaired) electrons. The van der Waals surface area contributed by atoms with Crippen LogP contribution in [-0.2, 0) is 123 Å². The maximum Gasteiger partial charge on any atom is 0.367 e. The van der Waals surface area contributed by atoms with Crippen molar-refractivity contribution in [1.82, 2.24) is 5.32 Å². The van der Waals surface area contributed by atoms with Crippen molar-refractivity contribution in [1.29, 1.82) is 0 Å². The molecular weight excluding hydrogens is 2060 g/mol. The van der Waals surface area contributed by atoms with E-state index in [2.05, 4.69) is 5.32 Å². The number of ether oxygens (including phenoxy) is 23. The Bertz CT molecular complexity index is 4150. The third-order valence-electron chi connectivity index (χ3n) is 27.7. The number of carboxylic acid groups (broad SMARTS) is 2. The first-order chi connectivity index (χ1) is 70.0. The van der Waals surface area contributed by atoms with Gasteiger partial charge in [-0.2, -0.15) is 0 Å². The van der Waals surface area contributed by atoms with Crippen molar-refractivity contribution in [3.8, 4) is 0 Å². The van der Waals surface area contributed by atoms with Gasteiger partial charge in [0.1, 0.15) is 293 Å². The van der Waals surface area contributed by atoms with Crippen LogP contribution in [0.1, 0.15) is 27.2 Å². The molecule has 866 valence electrons. The Labute approximate surface area is 839 Å². The van der Waals surface area contributed by atoms with Crippen LogP contribution in [0, 0.1) is 0 Å². The van der Waals surface area contributed by atoms with Crippen molar-refractivity contribution in [3.63, 3.8) is 0 Å². The minimum atomic E-state index is -4.16. The molecule has 68 nitrogen and oxygen atoms in total. The minimum absolute atomic E-state index is 0.512. The second-order valence-electron chi connectivity index (χ2n) is 38.1. The number of carboxylic acids is 2. The van der Waals surface area contributed by atoms with Crippen molar-refractivity contribution in [2.45, 2.75) is 419 Å². The molecular formula is C81H136N2O66. The Morgan fingerprint density at radius 1 is 0.336 bits per heavy atom. The fraction of sp³-hybridized carbons (Fsp3) is 0.963. The van der Waals surface area contributed by atoms with E-state index in [9.17, 15) is 219 Å². The molecule has 12 rings (SSSR count). The van der Waals surface area contributed by atoms with E-state index in [0.717, 1.165) is 6.92 Å². The quantitative estimate of drug-likeness (QED) is 0.0271. The van der Waals surface area contributed by atoms with Gasteiger partial charge in [0.2, 0.25) is 5.91 Å². The normalized spacial score (nSPS) is 50.5. The summed E-state index contributed by atoms with van der Waals surface area (Å²) in [4.78, 5) is 40.1. The number of aliphatic hydroxyl groups excluding tert-OH is 37. The Balaban J connectivity index is 0.937. The fourth-order valence-corrected chi connectivity index (χ4v) is 18.9. The number of hydrogen-bond donors (Lipinski definition) is 42. The topological polar surface area (TPSA) is 1110 Å². The molecule has 68 heteroatoms. The molecule has 12 aliphatic heterocycles. The molecule has 12 fully saturated rings. The van der Waals surface area contributed by atoms with Crippen LogP contribution in [0.4, 0.5) is 0 Å². The van der Waals surface area contributed by atoms with Crippen LogP contribution < -0.4 is 11.1 Å². The standard InChI is InChI=1S/C81H136N2O66/c1-15-30(96)36(102)49(115)72(133-15)142-62-29(83-17(3)89)68(132-16(2)31(62)97)128-11-22(93)56-43(109)40(106)51(117)74(138-56)145-65-41(107)35(101)28(14-131-70-47(113)37(103)33(99)26(8-87)134-70)136-77(65)143-63-52(118)57(23(94)12-130-71-48(114)39(105)42(108)55(137-71)19(90)5-84)139-75(53(63)119)144-64-54(120)76(140-59(20(91)6-85)66(64)146-73-50(116)38(104)34(100)27(9-88)135-73)141-61-25(4-80(126,78(122)123)148-60(61)21(92)7-86)147-81(79(124)125)67(121)45(111)44(110)58(149-81)24(95)13-129-69-46(112)32(98)18(82)10-127-69/h15-16,18-77,84-88,90-121,126H,4-14,82H2,1-3H3,(H,83,89)(H,122,123)(H,124,125)/t15-,16+,18+,19-,20-,21+,22-,23-,24+,25+,26+,27+,28+,29+,30-,31+,32+,33+,34+,35-,36-,37-,38-,39-,40-,41-,42-,43-,44+,45-,46-,47+,48-,49+,50+,51-,52+,53-,54-,55+,56+,57+,58+,59+,60+,61+,62+,63-,64+,65+,66+,67-,68+,69+,70-,71-,72-,73-,74+,75+,76+,77+,80+,81+/m0/s1. The Hall–Kier alpha value is -4.07. The zero-order valence-electron chi connectivity index (χ0n) is 78.7. The average Bonchev–Trinajstić information content (AvgIpc) is 0.733. The molecule has 0 saturated carbocycles. The summed E-state index contributed by atoms with van der Waals surface area (Å²) in [7, 11) is 0. The molecule has 12 heterocycles. The van der Waals surface area contributed by atoms with E-state index in [4.69, 9.17) is 115 Å². The number of amides is 1. The Kier molecular flexibility index (Phi) is 43.0. The molecule has 0 aliphatic carbocycles. The molecule has 12 saturated heterocycles. The van der Waals surface area contributed by atoms with Gasteiger partial charge in [-0.25, -0.2) is 9.59 Å². The van der Waals surface area contributed by atoms with Crippen LogP contribution in [0.25, 0.3) is 0 Å². The van der Waals surface area contributed by atoms with Crippen LogP contribution in [0.15, 0.2) is 0 Å². The smallest absolute Gasteiger partial charge is 0.367 e. The molecule has 0 aromatic carbocycles. The summed E-state index contributed by atoms with van der Waals surface area (Å²) in [5.74, 6) is -14.1. The Morgan fingerprint density at radius 3 is 1.26 bits per heavy atom. The van der Waals surface area contributed by atoms with E-state index in [1.165, 1.54) is 13.8 Å². The van der Waals surface area contributed by atoms with Crippen molar-refractivity contribution in [2.75, 3.05) is 66.1 Å². The van der Waals surface area contributed by atoms with Crippen LogP contribution in [0.3, 0.4) is 0 Å². The number of nitrogens with one attached hydrogen (secondary N) is 1. The van der Waals surface area contributed by atoms with Crippen molar-refractivity contribution < 1.29 is 328 Å². The maximum absolute atomic E-state index is 14.0. The average molecular weight is 2190 g/mol. The molecule has 0 bridgehead atoms. The zero-order chi connectivity index (χ0) is 110. The van der Waals surface area contributed by atoms with Crippen LogP contribution in [0.5, 0.6) is 0 Å². The van der Waals surface area contributed by atoms with Crippen LogP contribution in [0.2, 0.25) is 0 Å². The molecule has 0 spiro atoms. The molecule has 149 heavy (non-hydrogen) atoms. The lowest BCUT2D eigenvalue weighted by molar-refractivity contribution is -0.422. The van der Waals surface area contributed by atoms with Gasteiger partial charge >= 0.3 is 11.9 Å². The van der Waals surface area contributed by atoms with Gasteiger partial charge in [-0.1, -0.05) is 0 Å². The lowest BCUT2D eigenvalue weighted by Crippen LogP contribution is -2.73. The first kappa shape index (κ1) is 123. The van der Waals surface area contributed by atoms with Gasteiger partial charge < -0.3 is 324 Å². The summed E-state index contributed by atoms with van der Waals surface area (Å²) in [5.41, 5.74) is 5.73. The molecule has 0 aromatic heterocycles. The molecule has 0 aromatic rings. The van der Waals surface area contributed by atoms with E-state index < -0.39 is 482 Å². The highest BCUT2D eigenvalue weighted by Gasteiger charge is 2.68. The van der Waals surface area contributed by atoms with Crippen LogP contribution >= 0.6 is 0 Å². The van der Waals surface area contributed by atoms with Gasteiger partial charge in [0.25, 0.3) is 11.6 Å². The molecule has 64 atom stereocenters. The second-order valence-corrected chi connectivity index (χ2v) is 38.1. The second kappa shape index (κ2) is 51.9. The molecule has 0 unspecified atom stereocenters. The van der Waals surface area contributed by atoms with Crippen molar-refractivity contribution in [2.24, 2.45) is 5.73 Å². The van der Waals surface area contributed by atoms with Gasteiger partial charge in [-0.3, -0.25) is 4.79 Å². The highest BCUT2D eigenvalue weighted by Crippen LogP contribution is 2.46. The van der Waals surface area contributed by atoms with Crippen molar-refractivity contribution >= 4 is 17.8 Å². The summed E-state index contributed by atoms with van der Waals surface area (Å²) in [5, 5.41) is 456. The van der Waals surface area contributed by atoms with Gasteiger partial charge in [0.05, 0.1) is 90.4 Å². The SMILES string of the molecule is CC(=O)N[C@H]1[C@H](OC[C@H](O)[C@H]2O[C@H](O[C@H]3[C@@H](O[C@@H]4[C@H](O)[C@@H](O[C@@H]5[C@H](O)[C@@H](O[C@H]6[C@@H]([C@H](O)CO)O[C@@](O)(C(=O)O)C[C@H]6O[C@@]6(C(=O)O)O[C@H]([C@H](O)CO[C@H]7OC[C@@H](N)[C@@H](O)[C@@H]7O)[C@H](O)[C@H](O)[C@@H]6O)O[C@H]([C@@H](O)CO)[C@H]5O[C@@H]5O[C@H](CO)[C@@H](O)[C@H](O)[C@H]5O)O[C@H]([C@@H](O)CO[C@H]5O[C@H]([C@@H](O)CO)[C@@H](O)[C@H](O)[C@@H]5O)[C@H]4O)O[C@H](CO[C@H]4O[C@H](CO)[C@@H](O)[C@H](O)[C@H]4O)[C@H](O)[C@@H]3O)[C@@H](O)[C@@H](O)[C@@H]2O)O[C@H](C)[C@@H](O)[C@@H]1O[C@@H]1O[C@@H](C)[C@H](O)[C@H](O)[C@H]1O. The molecule has 43 N–H and O–H groups in total. The summed E-state index contributed by atoms with van der Waals surface area (Å²) >= 11 is 0. The lowest BCUT2D eigenvalue weighted by Gasteiger charge is -2.53. The summed E-state index contributed by atoms with van der Waals surface area (Å²) < 4.78 is 134. The highest BCUT2D eigenvalue weighted by atomic mass is 16.8. The monoisotopic (exact) mass is 2190 g/mol. The predicted molar refractivity (Wildman–Crippen MR) is 447 cm³/mol. The van der Waals surface area contributed by atoms with E-state index in [1.54, 1.807) is 0 Å². The van der Waals surface area contributed by atoms with Gasteiger partial charge in [0, 0.05) is 13.3 Å². The number of nitrogens with two attached hydrogens (primary N) is 1. The minimum Gasteiger partial charge on any atom is -0.477 e. The number of hydrogen-bond acceptors (Lipinski definition) is 65. The fourth-order valence-electron chi connectivity index (χ4n) is 18.9. The van der Waals surface area contributed by atoms with Gasteiger partial charge in [0.15, 0.2) is 62.9 Å². The Morgan fingerprint density at radius 2 is 0.718 bits per heavy atom. The highest BCUT2D eigenvalue weighted by molar-refractivity contribution is 5.77. The van der Waals surface area contributed by atoms with E-state index in [-0.39, 0.29) is 0 Å². The maximum atomic E-state index is 14.0. The summed E-state index contributed by atoms with van der Waals surface area (Å²) in [6.45, 7) is -9.24. The van der Waals surface area contributed by atoms with Gasteiger partial charge in [-0.15, -0.1) is 0 Å².